The van der Waals surface area contributed by atoms with Gasteiger partial charge in [-0.2, -0.15) is 0 Å². The van der Waals surface area contributed by atoms with Crippen molar-refractivity contribution in [3.05, 3.63) is 78.5 Å². The average molecular weight is 340 g/mol. The fourth-order valence-electron chi connectivity index (χ4n) is 2.08. The molecule has 0 radical (unpaired) electrons. The van der Waals surface area contributed by atoms with Gasteiger partial charge in [0, 0.05) is 18.3 Å². The molecular formula is C18H16N2O3S. The van der Waals surface area contributed by atoms with E-state index in [1.165, 1.54) is 0 Å². The van der Waals surface area contributed by atoms with Gasteiger partial charge in [-0.15, -0.1) is 0 Å². The van der Waals surface area contributed by atoms with Crippen molar-refractivity contribution in [1.82, 2.24) is 4.98 Å². The van der Waals surface area contributed by atoms with Crippen LogP contribution >= 0.6 is 0 Å². The number of nitrogens with zero attached hydrogens (tertiary/aromatic N) is 1. The molecule has 0 amide bonds. The van der Waals surface area contributed by atoms with Gasteiger partial charge in [-0.1, -0.05) is 29.8 Å². The molecule has 24 heavy (non-hydrogen) atoms. The summed E-state index contributed by atoms with van der Waals surface area (Å²) in [5.41, 5.74) is 1.42. The highest BCUT2D eigenvalue weighted by atomic mass is 32.2. The Bertz CT molecular complexity index is 924. The van der Waals surface area contributed by atoms with Crippen molar-refractivity contribution >= 4 is 15.7 Å². The third kappa shape index (κ3) is 3.91. The molecule has 0 aliphatic heterocycles. The fraction of sp³-hybridized carbons (Fsp3) is 0.0556. The van der Waals surface area contributed by atoms with Crippen molar-refractivity contribution in [2.45, 2.75) is 11.8 Å². The smallest absolute Gasteiger partial charge is 0.261 e. The number of pyridine rings is 1. The molecule has 3 rings (SSSR count). The SMILES string of the molecule is Cc1ccc(S(=O)(=O)Nc2cccc(Oc3ccccn3)c2)cc1. The molecule has 2 aromatic carbocycles. The Morgan fingerprint density at radius 1 is 0.958 bits per heavy atom. The first-order valence-electron chi connectivity index (χ1n) is 7.31. The van der Waals surface area contributed by atoms with Gasteiger partial charge in [0.05, 0.1) is 10.6 Å². The molecule has 5 nitrogen and oxygen atoms in total. The standard InChI is InChI=1S/C18H16N2O3S/c1-14-8-10-17(11-9-14)24(21,22)20-15-5-4-6-16(13-15)23-18-7-2-3-12-19-18/h2-13,20H,1H3. The lowest BCUT2D eigenvalue weighted by atomic mass is 10.2. The van der Waals surface area contributed by atoms with Crippen LogP contribution < -0.4 is 9.46 Å². The summed E-state index contributed by atoms with van der Waals surface area (Å²) >= 11 is 0. The Labute approximate surface area is 141 Å². The van der Waals surface area contributed by atoms with Crippen LogP contribution in [0.25, 0.3) is 0 Å². The van der Waals surface area contributed by atoms with E-state index in [0.717, 1.165) is 5.56 Å². The number of anilines is 1. The number of nitrogens with one attached hydrogen (secondary N) is 1. The van der Waals surface area contributed by atoms with Gasteiger partial charge in [0.1, 0.15) is 5.75 Å². The molecule has 122 valence electrons. The van der Waals surface area contributed by atoms with Crippen molar-refractivity contribution < 1.29 is 13.2 Å². The second kappa shape index (κ2) is 6.72. The number of aromatic nitrogens is 1. The van der Waals surface area contributed by atoms with Gasteiger partial charge >= 0.3 is 0 Å². The topological polar surface area (TPSA) is 68.3 Å². The number of hydrogen-bond acceptors (Lipinski definition) is 4. The van der Waals surface area contributed by atoms with Crippen LogP contribution in [0.2, 0.25) is 0 Å². The fourth-order valence-corrected chi connectivity index (χ4v) is 3.13. The molecule has 0 spiro atoms. The zero-order valence-corrected chi connectivity index (χ0v) is 13.8. The van der Waals surface area contributed by atoms with E-state index in [2.05, 4.69) is 9.71 Å². The Kier molecular flexibility index (Phi) is 4.48. The van der Waals surface area contributed by atoms with Gasteiger partial charge in [0.2, 0.25) is 5.88 Å². The zero-order valence-electron chi connectivity index (χ0n) is 13.0. The molecular weight excluding hydrogens is 324 g/mol. The van der Waals surface area contributed by atoms with Gasteiger partial charge in [-0.3, -0.25) is 4.72 Å². The summed E-state index contributed by atoms with van der Waals surface area (Å²) in [6.45, 7) is 1.91. The molecule has 0 aliphatic rings. The lowest BCUT2D eigenvalue weighted by Crippen LogP contribution is -2.12. The molecule has 0 atom stereocenters. The maximum absolute atomic E-state index is 12.4. The van der Waals surface area contributed by atoms with E-state index < -0.39 is 10.0 Å². The monoisotopic (exact) mass is 340 g/mol. The lowest BCUT2D eigenvalue weighted by Gasteiger charge is -2.10. The van der Waals surface area contributed by atoms with Crippen LogP contribution in [0, 0.1) is 6.92 Å². The quantitative estimate of drug-likeness (QED) is 0.763. The molecule has 6 heteroatoms. The molecule has 0 saturated carbocycles. The minimum atomic E-state index is -3.64. The normalized spacial score (nSPS) is 11.0. The molecule has 3 aromatic rings. The molecule has 0 aliphatic carbocycles. The lowest BCUT2D eigenvalue weighted by molar-refractivity contribution is 0.463. The molecule has 0 unspecified atom stereocenters. The molecule has 1 aromatic heterocycles. The van der Waals surface area contributed by atoms with Crippen LogP contribution in [-0.2, 0) is 10.0 Å². The summed E-state index contributed by atoms with van der Waals surface area (Å²) in [7, 11) is -3.64. The van der Waals surface area contributed by atoms with Gasteiger partial charge < -0.3 is 4.74 Å². The molecule has 0 saturated heterocycles. The van der Waals surface area contributed by atoms with E-state index in [4.69, 9.17) is 4.74 Å². The Hall–Kier alpha value is -2.86. The van der Waals surface area contributed by atoms with Crippen molar-refractivity contribution in [2.75, 3.05) is 4.72 Å². The molecule has 1 heterocycles. The van der Waals surface area contributed by atoms with E-state index in [9.17, 15) is 8.42 Å². The van der Waals surface area contributed by atoms with Gasteiger partial charge in [-0.05, 0) is 37.3 Å². The van der Waals surface area contributed by atoms with Gasteiger partial charge in [-0.25, -0.2) is 13.4 Å². The van der Waals surface area contributed by atoms with Crippen LogP contribution in [0.1, 0.15) is 5.56 Å². The first-order chi connectivity index (χ1) is 11.5. The third-order valence-corrected chi connectivity index (χ3v) is 4.67. The number of benzene rings is 2. The first kappa shape index (κ1) is 16.0. The maximum atomic E-state index is 12.4. The van der Waals surface area contributed by atoms with Gasteiger partial charge in [0.15, 0.2) is 0 Å². The summed E-state index contributed by atoms with van der Waals surface area (Å²) in [4.78, 5) is 4.29. The minimum absolute atomic E-state index is 0.212. The Morgan fingerprint density at radius 2 is 1.75 bits per heavy atom. The predicted octanol–water partition coefficient (Wildman–Crippen LogP) is 3.98. The Morgan fingerprint density at radius 3 is 2.46 bits per heavy atom. The largest absolute Gasteiger partial charge is 0.439 e. The van der Waals surface area contributed by atoms with Crippen LogP contribution in [0.5, 0.6) is 11.6 Å². The van der Waals surface area contributed by atoms with Crippen molar-refractivity contribution in [3.8, 4) is 11.6 Å². The van der Waals surface area contributed by atoms with E-state index in [-0.39, 0.29) is 4.90 Å². The number of rotatable bonds is 5. The molecule has 0 bridgehead atoms. The number of hydrogen-bond donors (Lipinski definition) is 1. The highest BCUT2D eigenvalue weighted by molar-refractivity contribution is 7.92. The average Bonchev–Trinajstić information content (AvgIpc) is 2.56. The summed E-state index contributed by atoms with van der Waals surface area (Å²) < 4.78 is 33.0. The van der Waals surface area contributed by atoms with Crippen molar-refractivity contribution in [1.29, 1.82) is 0 Å². The van der Waals surface area contributed by atoms with Crippen LogP contribution in [0.3, 0.4) is 0 Å². The van der Waals surface area contributed by atoms with Crippen LogP contribution in [0.15, 0.2) is 77.8 Å². The number of aryl methyl sites for hydroxylation is 1. The zero-order chi connectivity index (χ0) is 17.0. The second-order valence-electron chi connectivity index (χ2n) is 5.22. The van der Waals surface area contributed by atoms with E-state index >= 15 is 0 Å². The van der Waals surface area contributed by atoms with Crippen LogP contribution in [0.4, 0.5) is 5.69 Å². The maximum Gasteiger partial charge on any atom is 0.261 e. The van der Waals surface area contributed by atoms with E-state index in [0.29, 0.717) is 17.3 Å². The minimum Gasteiger partial charge on any atom is -0.439 e. The highest BCUT2D eigenvalue weighted by Crippen LogP contribution is 2.24. The molecule has 0 fully saturated rings. The summed E-state index contributed by atoms with van der Waals surface area (Å²) in [5, 5.41) is 0. The van der Waals surface area contributed by atoms with Gasteiger partial charge in [0.25, 0.3) is 10.0 Å². The van der Waals surface area contributed by atoms with Crippen molar-refractivity contribution in [3.63, 3.8) is 0 Å². The summed E-state index contributed by atoms with van der Waals surface area (Å²) in [5.74, 6) is 0.939. The second-order valence-corrected chi connectivity index (χ2v) is 6.90. The number of sulfonamides is 1. The Balaban J connectivity index is 1.80. The molecule has 1 N–H and O–H groups in total. The summed E-state index contributed by atoms with van der Waals surface area (Å²) in [6.07, 6.45) is 1.62. The van der Waals surface area contributed by atoms with Crippen LogP contribution in [-0.4, -0.2) is 13.4 Å². The summed E-state index contributed by atoms with van der Waals surface area (Å²) in [6, 6.07) is 18.7. The first-order valence-corrected chi connectivity index (χ1v) is 8.80. The number of ether oxygens (including phenoxy) is 1. The van der Waals surface area contributed by atoms with Crippen molar-refractivity contribution in [2.24, 2.45) is 0 Å². The highest BCUT2D eigenvalue weighted by Gasteiger charge is 2.14. The van der Waals surface area contributed by atoms with E-state index in [1.807, 2.05) is 13.0 Å². The van der Waals surface area contributed by atoms with E-state index in [1.54, 1.807) is 66.9 Å². The predicted molar refractivity (Wildman–Crippen MR) is 92.7 cm³/mol. The third-order valence-electron chi connectivity index (χ3n) is 3.28.